The van der Waals surface area contributed by atoms with Crippen molar-refractivity contribution >= 4 is 33.8 Å². The van der Waals surface area contributed by atoms with Crippen LogP contribution < -0.4 is 9.64 Å². The predicted octanol–water partition coefficient (Wildman–Crippen LogP) is 4.06. The summed E-state index contributed by atoms with van der Waals surface area (Å²) < 4.78 is 7.26. The van der Waals surface area contributed by atoms with Crippen LogP contribution in [0.15, 0.2) is 66.3 Å². The van der Waals surface area contributed by atoms with Gasteiger partial charge in [0.05, 0.1) is 18.2 Å². The largest absolute Gasteiger partial charge is 0.497 e. The molecule has 1 aliphatic rings. The molecule has 4 aromatic rings. The lowest BCUT2D eigenvalue weighted by Gasteiger charge is -2.36. The van der Waals surface area contributed by atoms with Crippen molar-refractivity contribution in [1.82, 2.24) is 14.5 Å². The molecule has 0 N–H and O–H groups in total. The van der Waals surface area contributed by atoms with Crippen molar-refractivity contribution < 1.29 is 9.53 Å². The molecule has 0 bridgehead atoms. The summed E-state index contributed by atoms with van der Waals surface area (Å²) in [5, 5.41) is 3.79. The first kappa shape index (κ1) is 18.7. The molecule has 1 fully saturated rings. The van der Waals surface area contributed by atoms with Gasteiger partial charge in [-0.25, -0.2) is 4.98 Å². The van der Waals surface area contributed by atoms with Gasteiger partial charge in [-0.2, -0.15) is 0 Å². The fourth-order valence-corrected chi connectivity index (χ4v) is 4.60. The number of ether oxygens (including phenoxy) is 1. The maximum absolute atomic E-state index is 13.4. The number of carbonyl (C=O) groups excluding carboxylic acids is 1. The summed E-state index contributed by atoms with van der Waals surface area (Å²) in [5.41, 5.74) is 2.90. The number of aromatic nitrogens is 2. The molecular weight excluding hydrogens is 396 g/mol. The van der Waals surface area contributed by atoms with Gasteiger partial charge in [-0.05, 0) is 30.3 Å². The SMILES string of the molecule is COc1ccc(N2CCN(C(=O)c3cn(-c4nccs4)c4ccccc34)CC2)cc1. The third-order valence-electron chi connectivity index (χ3n) is 5.57. The van der Waals surface area contributed by atoms with E-state index in [-0.39, 0.29) is 5.91 Å². The molecule has 5 rings (SSSR count). The number of carbonyl (C=O) groups is 1. The highest BCUT2D eigenvalue weighted by molar-refractivity contribution is 7.12. The van der Waals surface area contributed by atoms with E-state index < -0.39 is 0 Å². The van der Waals surface area contributed by atoms with Gasteiger partial charge in [-0.3, -0.25) is 9.36 Å². The fourth-order valence-electron chi connectivity index (χ4n) is 3.97. The van der Waals surface area contributed by atoms with Crippen molar-refractivity contribution in [3.8, 4) is 10.9 Å². The maximum Gasteiger partial charge on any atom is 0.256 e. The zero-order valence-electron chi connectivity index (χ0n) is 16.7. The molecular formula is C23H22N4O2S. The molecule has 152 valence electrons. The number of amides is 1. The Hall–Kier alpha value is -3.32. The van der Waals surface area contributed by atoms with E-state index in [0.717, 1.165) is 46.1 Å². The van der Waals surface area contributed by atoms with Gasteiger partial charge in [0.1, 0.15) is 5.75 Å². The van der Waals surface area contributed by atoms with Crippen LogP contribution in [0.3, 0.4) is 0 Å². The first-order valence-corrected chi connectivity index (χ1v) is 10.8. The average molecular weight is 419 g/mol. The van der Waals surface area contributed by atoms with Gasteiger partial charge in [-0.1, -0.05) is 18.2 Å². The van der Waals surface area contributed by atoms with Crippen LogP contribution in [0.25, 0.3) is 16.0 Å². The highest BCUT2D eigenvalue weighted by Gasteiger charge is 2.25. The standard InChI is InChI=1S/C23H22N4O2S/c1-29-18-8-6-17(7-9-18)25-11-13-26(14-12-25)22(28)20-16-27(23-24-10-15-30-23)21-5-3-2-4-19(20)21/h2-10,15-16H,11-14H2,1H3. The Morgan fingerprint density at radius 1 is 1.03 bits per heavy atom. The van der Waals surface area contributed by atoms with E-state index in [0.29, 0.717) is 13.1 Å². The minimum absolute atomic E-state index is 0.0795. The van der Waals surface area contributed by atoms with Crippen molar-refractivity contribution in [2.45, 2.75) is 0 Å². The minimum Gasteiger partial charge on any atom is -0.497 e. The number of hydrogen-bond donors (Lipinski definition) is 0. The summed E-state index contributed by atoms with van der Waals surface area (Å²) in [4.78, 5) is 22.1. The molecule has 2 aromatic heterocycles. The van der Waals surface area contributed by atoms with Crippen LogP contribution in [-0.4, -0.2) is 53.6 Å². The topological polar surface area (TPSA) is 50.6 Å². The van der Waals surface area contributed by atoms with Crippen LogP contribution in [0.1, 0.15) is 10.4 Å². The molecule has 6 nitrogen and oxygen atoms in total. The minimum atomic E-state index is 0.0795. The van der Waals surface area contributed by atoms with E-state index in [9.17, 15) is 4.79 Å². The Balaban J connectivity index is 1.36. The Bertz CT molecular complexity index is 1160. The van der Waals surface area contributed by atoms with Crippen LogP contribution in [0.4, 0.5) is 5.69 Å². The number of thiazole rings is 1. The molecule has 0 atom stereocenters. The second-order valence-electron chi connectivity index (χ2n) is 7.22. The summed E-state index contributed by atoms with van der Waals surface area (Å²) in [6.07, 6.45) is 3.72. The number of methoxy groups -OCH3 is 1. The number of para-hydroxylation sites is 1. The number of benzene rings is 2. The molecule has 30 heavy (non-hydrogen) atoms. The van der Waals surface area contributed by atoms with Crippen LogP contribution in [0, 0.1) is 0 Å². The molecule has 0 aliphatic carbocycles. The Kier molecular flexibility index (Phi) is 4.88. The van der Waals surface area contributed by atoms with Gasteiger partial charge in [0.2, 0.25) is 0 Å². The molecule has 1 amide bonds. The van der Waals surface area contributed by atoms with E-state index >= 15 is 0 Å². The number of anilines is 1. The highest BCUT2D eigenvalue weighted by atomic mass is 32.1. The summed E-state index contributed by atoms with van der Waals surface area (Å²) in [6, 6.07) is 16.1. The molecule has 0 saturated carbocycles. The number of hydrogen-bond acceptors (Lipinski definition) is 5. The Morgan fingerprint density at radius 2 is 1.80 bits per heavy atom. The van der Waals surface area contributed by atoms with Crippen molar-refractivity contribution in [3.05, 3.63) is 71.9 Å². The first-order valence-electron chi connectivity index (χ1n) is 9.93. The van der Waals surface area contributed by atoms with Crippen molar-refractivity contribution in [1.29, 1.82) is 0 Å². The molecule has 1 aliphatic heterocycles. The monoisotopic (exact) mass is 418 g/mol. The zero-order chi connectivity index (χ0) is 20.5. The van der Waals surface area contributed by atoms with E-state index in [1.54, 1.807) is 24.6 Å². The summed E-state index contributed by atoms with van der Waals surface area (Å²) in [5.74, 6) is 0.931. The quantitative estimate of drug-likeness (QED) is 0.502. The van der Waals surface area contributed by atoms with Crippen molar-refractivity contribution in [2.24, 2.45) is 0 Å². The normalized spacial score (nSPS) is 14.3. The van der Waals surface area contributed by atoms with Gasteiger partial charge < -0.3 is 14.5 Å². The number of rotatable bonds is 4. The average Bonchev–Trinajstić information content (AvgIpc) is 3.47. The van der Waals surface area contributed by atoms with Crippen LogP contribution in [0.2, 0.25) is 0 Å². The summed E-state index contributed by atoms with van der Waals surface area (Å²) in [6.45, 7) is 3.01. The molecule has 0 unspecified atom stereocenters. The van der Waals surface area contributed by atoms with Gasteiger partial charge in [0.25, 0.3) is 5.91 Å². The first-order chi connectivity index (χ1) is 14.7. The maximum atomic E-state index is 13.4. The summed E-state index contributed by atoms with van der Waals surface area (Å²) >= 11 is 1.56. The second-order valence-corrected chi connectivity index (χ2v) is 8.09. The van der Waals surface area contributed by atoms with Crippen molar-refractivity contribution in [3.63, 3.8) is 0 Å². The van der Waals surface area contributed by atoms with Crippen LogP contribution >= 0.6 is 11.3 Å². The number of piperazine rings is 1. The smallest absolute Gasteiger partial charge is 0.256 e. The molecule has 7 heteroatoms. The van der Waals surface area contributed by atoms with Gasteiger partial charge in [0, 0.05) is 55.0 Å². The van der Waals surface area contributed by atoms with Gasteiger partial charge in [0.15, 0.2) is 5.13 Å². The predicted molar refractivity (Wildman–Crippen MR) is 120 cm³/mol. The van der Waals surface area contributed by atoms with Gasteiger partial charge in [-0.15, -0.1) is 11.3 Å². The Labute approximate surface area is 178 Å². The second kappa shape index (κ2) is 7.84. The van der Waals surface area contributed by atoms with E-state index in [4.69, 9.17) is 4.74 Å². The molecule has 0 radical (unpaired) electrons. The fraction of sp³-hybridized carbons (Fsp3) is 0.217. The van der Waals surface area contributed by atoms with E-state index in [2.05, 4.69) is 22.0 Å². The number of fused-ring (bicyclic) bond motifs is 1. The van der Waals surface area contributed by atoms with Crippen LogP contribution in [-0.2, 0) is 0 Å². The third kappa shape index (κ3) is 3.31. The van der Waals surface area contributed by atoms with Crippen LogP contribution in [0.5, 0.6) is 5.75 Å². The molecule has 3 heterocycles. The molecule has 1 saturated heterocycles. The van der Waals surface area contributed by atoms with Crippen molar-refractivity contribution in [2.75, 3.05) is 38.2 Å². The summed E-state index contributed by atoms with van der Waals surface area (Å²) in [7, 11) is 1.67. The lowest BCUT2D eigenvalue weighted by Crippen LogP contribution is -2.48. The third-order valence-corrected chi connectivity index (χ3v) is 6.34. The molecule has 2 aromatic carbocycles. The highest BCUT2D eigenvalue weighted by Crippen LogP contribution is 2.28. The number of nitrogens with zero attached hydrogens (tertiary/aromatic N) is 4. The lowest BCUT2D eigenvalue weighted by atomic mass is 10.1. The molecule has 0 spiro atoms. The van der Waals surface area contributed by atoms with Gasteiger partial charge >= 0.3 is 0 Å². The van der Waals surface area contributed by atoms with E-state index in [1.165, 1.54) is 0 Å². The van der Waals surface area contributed by atoms with E-state index in [1.807, 2.05) is 57.4 Å². The lowest BCUT2D eigenvalue weighted by molar-refractivity contribution is 0.0748. The zero-order valence-corrected chi connectivity index (χ0v) is 17.5. The Morgan fingerprint density at radius 3 is 2.50 bits per heavy atom.